The van der Waals surface area contributed by atoms with Gasteiger partial charge in [-0.2, -0.15) is 13.2 Å². The SMILES string of the molecule is FC(F)(F)C1(CC2CCCN(Cc3cnon3)C2)N=N1. The fourth-order valence-electron chi connectivity index (χ4n) is 2.72. The molecule has 1 unspecified atom stereocenters. The van der Waals surface area contributed by atoms with E-state index >= 15 is 0 Å². The molecule has 3 heterocycles. The lowest BCUT2D eigenvalue weighted by molar-refractivity contribution is -0.168. The van der Waals surface area contributed by atoms with Gasteiger partial charge in [0.15, 0.2) is 0 Å². The summed E-state index contributed by atoms with van der Waals surface area (Å²) in [7, 11) is 0. The van der Waals surface area contributed by atoms with E-state index in [4.69, 9.17) is 0 Å². The molecular weight excluding hydrogens is 275 g/mol. The zero-order chi connectivity index (χ0) is 14.2. The first-order valence-electron chi connectivity index (χ1n) is 6.48. The van der Waals surface area contributed by atoms with Gasteiger partial charge >= 0.3 is 6.18 Å². The van der Waals surface area contributed by atoms with Crippen molar-refractivity contribution in [3.63, 3.8) is 0 Å². The van der Waals surface area contributed by atoms with Crippen LogP contribution in [0.25, 0.3) is 0 Å². The van der Waals surface area contributed by atoms with Crippen molar-refractivity contribution in [3.8, 4) is 0 Å². The number of rotatable bonds is 4. The number of hydrogen-bond acceptors (Lipinski definition) is 6. The summed E-state index contributed by atoms with van der Waals surface area (Å²) in [6.07, 6.45) is -1.26. The second kappa shape index (κ2) is 4.80. The second-order valence-corrected chi connectivity index (χ2v) is 5.36. The van der Waals surface area contributed by atoms with E-state index in [0.29, 0.717) is 18.8 Å². The van der Waals surface area contributed by atoms with Crippen LogP contribution in [0.15, 0.2) is 21.1 Å². The lowest BCUT2D eigenvalue weighted by atomic mass is 9.89. The number of nitrogens with zero attached hydrogens (tertiary/aromatic N) is 5. The summed E-state index contributed by atoms with van der Waals surface area (Å²) in [6.45, 7) is 1.99. The first kappa shape index (κ1) is 13.5. The van der Waals surface area contributed by atoms with E-state index in [1.165, 1.54) is 6.20 Å². The summed E-state index contributed by atoms with van der Waals surface area (Å²) in [5.74, 6) is -0.0553. The van der Waals surface area contributed by atoms with Gasteiger partial charge in [-0.05, 0) is 25.3 Å². The lowest BCUT2D eigenvalue weighted by Crippen LogP contribution is -2.41. The number of aromatic nitrogens is 2. The number of halogens is 3. The molecule has 0 amide bonds. The quantitative estimate of drug-likeness (QED) is 0.853. The molecule has 1 fully saturated rings. The van der Waals surface area contributed by atoms with Gasteiger partial charge < -0.3 is 0 Å². The van der Waals surface area contributed by atoms with Crippen LogP contribution < -0.4 is 0 Å². The van der Waals surface area contributed by atoms with Gasteiger partial charge in [-0.15, -0.1) is 10.2 Å². The molecule has 2 aliphatic heterocycles. The van der Waals surface area contributed by atoms with Crippen LogP contribution in [-0.4, -0.2) is 40.1 Å². The van der Waals surface area contributed by atoms with Crippen LogP contribution in [0.2, 0.25) is 0 Å². The van der Waals surface area contributed by atoms with Crippen molar-refractivity contribution in [1.82, 2.24) is 15.2 Å². The van der Waals surface area contributed by atoms with Crippen LogP contribution >= 0.6 is 0 Å². The normalized spacial score (nSPS) is 25.9. The molecule has 6 nitrogen and oxygen atoms in total. The standard InChI is InChI=1S/C11H14F3N5O/c12-11(13,14)10(17-18-10)4-8-2-1-3-19(6-8)7-9-5-15-20-16-9/h5,8H,1-4,6-7H2. The molecular formula is C11H14F3N5O. The Balaban J connectivity index is 1.56. The monoisotopic (exact) mass is 289 g/mol. The molecule has 2 aliphatic rings. The van der Waals surface area contributed by atoms with Gasteiger partial charge in [0.2, 0.25) is 0 Å². The van der Waals surface area contributed by atoms with Gasteiger partial charge in [-0.3, -0.25) is 4.90 Å². The zero-order valence-corrected chi connectivity index (χ0v) is 10.7. The molecule has 1 saturated heterocycles. The van der Waals surface area contributed by atoms with Crippen molar-refractivity contribution in [2.24, 2.45) is 16.1 Å². The molecule has 0 radical (unpaired) electrons. The topological polar surface area (TPSA) is 66.9 Å². The van der Waals surface area contributed by atoms with E-state index in [2.05, 4.69) is 30.1 Å². The van der Waals surface area contributed by atoms with Gasteiger partial charge in [0.25, 0.3) is 5.66 Å². The smallest absolute Gasteiger partial charge is 0.297 e. The van der Waals surface area contributed by atoms with Crippen LogP contribution in [0.3, 0.4) is 0 Å². The second-order valence-electron chi connectivity index (χ2n) is 5.36. The van der Waals surface area contributed by atoms with Crippen molar-refractivity contribution in [3.05, 3.63) is 11.9 Å². The summed E-state index contributed by atoms with van der Waals surface area (Å²) in [5, 5.41) is 13.7. The van der Waals surface area contributed by atoms with Gasteiger partial charge in [0, 0.05) is 19.5 Å². The number of likely N-dealkylation sites (tertiary alicyclic amines) is 1. The minimum absolute atomic E-state index is 0.0515. The number of piperidine rings is 1. The van der Waals surface area contributed by atoms with Crippen molar-refractivity contribution in [2.45, 2.75) is 37.6 Å². The van der Waals surface area contributed by atoms with E-state index in [1.54, 1.807) is 0 Å². The third-order valence-electron chi connectivity index (χ3n) is 3.76. The highest BCUT2D eigenvalue weighted by atomic mass is 19.4. The molecule has 9 heteroatoms. The molecule has 1 aromatic rings. The van der Waals surface area contributed by atoms with Gasteiger partial charge in [0.1, 0.15) is 5.69 Å². The Morgan fingerprint density at radius 1 is 1.40 bits per heavy atom. The summed E-state index contributed by atoms with van der Waals surface area (Å²) in [5.41, 5.74) is -1.44. The molecule has 1 aromatic heterocycles. The molecule has 20 heavy (non-hydrogen) atoms. The maximum Gasteiger partial charge on any atom is 0.437 e. The minimum Gasteiger partial charge on any atom is -0.297 e. The summed E-state index contributed by atoms with van der Waals surface area (Å²) in [6, 6.07) is 0. The van der Waals surface area contributed by atoms with Crippen molar-refractivity contribution in [1.29, 1.82) is 0 Å². The largest absolute Gasteiger partial charge is 0.437 e. The molecule has 0 aliphatic carbocycles. The van der Waals surface area contributed by atoms with E-state index in [0.717, 1.165) is 19.4 Å². The molecule has 1 atom stereocenters. The van der Waals surface area contributed by atoms with E-state index in [1.807, 2.05) is 0 Å². The van der Waals surface area contributed by atoms with E-state index in [9.17, 15) is 13.2 Å². The average molecular weight is 289 g/mol. The fraction of sp³-hybridized carbons (Fsp3) is 0.818. The number of alkyl halides is 3. The van der Waals surface area contributed by atoms with Crippen molar-refractivity contribution < 1.29 is 17.8 Å². The third kappa shape index (κ3) is 2.67. The highest BCUT2D eigenvalue weighted by Crippen LogP contribution is 2.49. The fourth-order valence-corrected chi connectivity index (χ4v) is 2.72. The average Bonchev–Trinajstić information content (AvgIpc) is 2.99. The van der Waals surface area contributed by atoms with Crippen LogP contribution in [0.5, 0.6) is 0 Å². The first-order valence-corrected chi connectivity index (χ1v) is 6.48. The molecule has 0 N–H and O–H groups in total. The Labute approximate surface area is 113 Å². The summed E-state index contributed by atoms with van der Waals surface area (Å²) in [4.78, 5) is 2.07. The Morgan fingerprint density at radius 3 is 2.80 bits per heavy atom. The molecule has 0 saturated carbocycles. The molecule has 0 aromatic carbocycles. The predicted octanol–water partition coefficient (Wildman–Crippen LogP) is 2.40. The van der Waals surface area contributed by atoms with Crippen LogP contribution in [0.4, 0.5) is 13.2 Å². The van der Waals surface area contributed by atoms with Crippen LogP contribution in [-0.2, 0) is 6.54 Å². The predicted molar refractivity (Wildman–Crippen MR) is 60.6 cm³/mol. The molecule has 3 rings (SSSR count). The first-order chi connectivity index (χ1) is 9.48. The number of hydrogen-bond donors (Lipinski definition) is 0. The minimum atomic E-state index is -4.37. The maximum atomic E-state index is 12.8. The Morgan fingerprint density at radius 2 is 2.20 bits per heavy atom. The van der Waals surface area contributed by atoms with Crippen LogP contribution in [0, 0.1) is 5.92 Å². The summed E-state index contributed by atoms with van der Waals surface area (Å²) < 4.78 is 43.0. The van der Waals surface area contributed by atoms with Crippen molar-refractivity contribution in [2.75, 3.05) is 13.1 Å². The molecule has 0 bridgehead atoms. The van der Waals surface area contributed by atoms with Crippen LogP contribution in [0.1, 0.15) is 25.0 Å². The Kier molecular flexibility index (Phi) is 3.23. The van der Waals surface area contributed by atoms with Gasteiger partial charge in [0.05, 0.1) is 6.20 Å². The highest BCUT2D eigenvalue weighted by molar-refractivity contribution is 5.02. The summed E-state index contributed by atoms with van der Waals surface area (Å²) >= 11 is 0. The molecule has 0 spiro atoms. The van der Waals surface area contributed by atoms with Gasteiger partial charge in [-0.25, -0.2) is 4.63 Å². The lowest BCUT2D eigenvalue weighted by Gasteiger charge is -2.33. The van der Waals surface area contributed by atoms with Crippen molar-refractivity contribution >= 4 is 0 Å². The highest BCUT2D eigenvalue weighted by Gasteiger charge is 2.64. The Hall–Kier alpha value is -1.51. The van der Waals surface area contributed by atoms with E-state index in [-0.39, 0.29) is 12.3 Å². The Bertz CT molecular complexity index is 481. The zero-order valence-electron chi connectivity index (χ0n) is 10.7. The van der Waals surface area contributed by atoms with E-state index < -0.39 is 11.8 Å². The molecule has 110 valence electrons. The van der Waals surface area contributed by atoms with Gasteiger partial charge in [-0.1, -0.05) is 10.3 Å². The maximum absolute atomic E-state index is 12.8. The third-order valence-corrected chi connectivity index (χ3v) is 3.76.